The molecule has 0 saturated heterocycles. The van der Waals surface area contributed by atoms with E-state index in [1.54, 1.807) is 6.20 Å². The van der Waals surface area contributed by atoms with Crippen molar-refractivity contribution in [1.29, 1.82) is 0 Å². The number of aromatic nitrogens is 3. The molecule has 0 amide bonds. The third-order valence-electron chi connectivity index (χ3n) is 4.28. The van der Waals surface area contributed by atoms with Crippen LogP contribution in [-0.4, -0.2) is 28.6 Å². The van der Waals surface area contributed by atoms with E-state index in [1.165, 1.54) is 0 Å². The first-order chi connectivity index (χ1) is 12.7. The monoisotopic (exact) mass is 340 g/mol. The Bertz CT molecular complexity index is 1050. The van der Waals surface area contributed by atoms with Gasteiger partial charge in [0.25, 0.3) is 0 Å². The summed E-state index contributed by atoms with van der Waals surface area (Å²) < 4.78 is 2.09. The number of nitrogens with zero attached hydrogens (tertiary/aromatic N) is 4. The van der Waals surface area contributed by atoms with E-state index in [2.05, 4.69) is 50.9 Å². The van der Waals surface area contributed by atoms with Gasteiger partial charge in [-0.05, 0) is 42.0 Å². The number of hydrogen-bond donors (Lipinski definition) is 0. The number of pyridine rings is 1. The molecule has 4 rings (SSSR count). The summed E-state index contributed by atoms with van der Waals surface area (Å²) in [7, 11) is 4.07. The topological polar surface area (TPSA) is 34.0 Å². The first-order valence-corrected chi connectivity index (χ1v) is 8.57. The largest absolute Gasteiger partial charge is 0.378 e. The molecule has 4 heteroatoms. The van der Waals surface area contributed by atoms with Crippen molar-refractivity contribution in [2.45, 2.75) is 0 Å². The molecule has 2 heterocycles. The molecule has 0 fully saturated rings. The Morgan fingerprint density at radius 1 is 0.885 bits per heavy atom. The van der Waals surface area contributed by atoms with Crippen molar-refractivity contribution in [2.24, 2.45) is 0 Å². The summed E-state index contributed by atoms with van der Waals surface area (Å²) in [5.41, 5.74) is 4.26. The zero-order valence-corrected chi connectivity index (χ0v) is 14.9. The number of imidazole rings is 1. The third kappa shape index (κ3) is 3.09. The SMILES string of the molecule is CN(C)c1ccc2c(c1)nc(C=Cc1ccccc1)n2-c1ccccn1. The quantitative estimate of drug-likeness (QED) is 0.542. The molecule has 0 N–H and O–H groups in total. The molecule has 2 aromatic heterocycles. The second-order valence-corrected chi connectivity index (χ2v) is 6.30. The summed E-state index contributed by atoms with van der Waals surface area (Å²) in [5, 5.41) is 0. The van der Waals surface area contributed by atoms with Gasteiger partial charge in [-0.25, -0.2) is 9.97 Å². The van der Waals surface area contributed by atoms with Gasteiger partial charge >= 0.3 is 0 Å². The van der Waals surface area contributed by atoms with E-state index >= 15 is 0 Å². The number of fused-ring (bicyclic) bond motifs is 1. The Kier molecular flexibility index (Phi) is 4.23. The summed E-state index contributed by atoms with van der Waals surface area (Å²) in [5.74, 6) is 1.72. The van der Waals surface area contributed by atoms with Gasteiger partial charge in [-0.15, -0.1) is 0 Å². The standard InChI is InChI=1S/C22H20N4/c1-25(2)18-12-13-20-19(16-18)24-22(14-11-17-8-4-3-5-9-17)26(20)21-10-6-7-15-23-21/h3-16H,1-2H3. The highest BCUT2D eigenvalue weighted by Gasteiger charge is 2.12. The minimum Gasteiger partial charge on any atom is -0.378 e. The van der Waals surface area contributed by atoms with Crippen LogP contribution in [0.25, 0.3) is 29.0 Å². The fourth-order valence-electron chi connectivity index (χ4n) is 2.94. The maximum atomic E-state index is 4.86. The maximum absolute atomic E-state index is 4.86. The summed E-state index contributed by atoms with van der Waals surface area (Å²) in [6.45, 7) is 0. The molecule has 0 aliphatic rings. The van der Waals surface area contributed by atoms with Gasteiger partial charge in [0.1, 0.15) is 11.6 Å². The van der Waals surface area contributed by atoms with Gasteiger partial charge in [-0.2, -0.15) is 0 Å². The van der Waals surface area contributed by atoms with Crippen LogP contribution in [0.15, 0.2) is 72.9 Å². The molecule has 0 aliphatic heterocycles. The molecule has 2 aromatic carbocycles. The molecule has 0 aliphatic carbocycles. The van der Waals surface area contributed by atoms with Gasteiger partial charge in [0.05, 0.1) is 11.0 Å². The Hall–Kier alpha value is -3.40. The summed E-state index contributed by atoms with van der Waals surface area (Å²) >= 11 is 0. The summed E-state index contributed by atoms with van der Waals surface area (Å²) in [4.78, 5) is 11.5. The zero-order valence-electron chi connectivity index (χ0n) is 14.9. The van der Waals surface area contributed by atoms with E-state index in [0.29, 0.717) is 0 Å². The molecule has 0 spiro atoms. The molecule has 4 aromatic rings. The van der Waals surface area contributed by atoms with Crippen molar-refractivity contribution in [2.75, 3.05) is 19.0 Å². The Balaban J connectivity index is 1.88. The molecule has 0 bridgehead atoms. The Labute approximate surface area is 153 Å². The van der Waals surface area contributed by atoms with Crippen LogP contribution in [-0.2, 0) is 0 Å². The van der Waals surface area contributed by atoms with Crippen LogP contribution in [0.4, 0.5) is 5.69 Å². The van der Waals surface area contributed by atoms with Crippen molar-refractivity contribution in [3.63, 3.8) is 0 Å². The number of anilines is 1. The van der Waals surface area contributed by atoms with Crippen molar-refractivity contribution < 1.29 is 0 Å². The van der Waals surface area contributed by atoms with Crippen LogP contribution >= 0.6 is 0 Å². The first-order valence-electron chi connectivity index (χ1n) is 8.57. The minimum absolute atomic E-state index is 0.860. The fraction of sp³-hybridized carbons (Fsp3) is 0.0909. The number of rotatable bonds is 4. The molecule has 4 nitrogen and oxygen atoms in total. The van der Waals surface area contributed by atoms with Crippen molar-refractivity contribution >= 4 is 28.9 Å². The second kappa shape index (κ2) is 6.84. The van der Waals surface area contributed by atoms with Crippen LogP contribution in [0.2, 0.25) is 0 Å². The molecule has 0 radical (unpaired) electrons. The van der Waals surface area contributed by atoms with Gasteiger partial charge in [-0.1, -0.05) is 42.5 Å². The average Bonchev–Trinajstić information content (AvgIpc) is 3.05. The molecule has 0 atom stereocenters. The fourth-order valence-corrected chi connectivity index (χ4v) is 2.94. The lowest BCUT2D eigenvalue weighted by atomic mass is 10.2. The predicted octanol–water partition coefficient (Wildman–Crippen LogP) is 4.66. The first kappa shape index (κ1) is 16.1. The minimum atomic E-state index is 0.860. The zero-order chi connectivity index (χ0) is 17.9. The van der Waals surface area contributed by atoms with E-state index < -0.39 is 0 Å². The average molecular weight is 340 g/mol. The summed E-state index contributed by atoms with van der Waals surface area (Å²) in [6, 6.07) is 22.5. The highest BCUT2D eigenvalue weighted by Crippen LogP contribution is 2.25. The smallest absolute Gasteiger partial charge is 0.139 e. The maximum Gasteiger partial charge on any atom is 0.139 e. The molecule has 26 heavy (non-hydrogen) atoms. The lowest BCUT2D eigenvalue weighted by molar-refractivity contribution is 1.00. The third-order valence-corrected chi connectivity index (χ3v) is 4.28. The van der Waals surface area contributed by atoms with Crippen LogP contribution in [0.3, 0.4) is 0 Å². The van der Waals surface area contributed by atoms with Crippen molar-refractivity contribution in [3.05, 3.63) is 84.3 Å². The Morgan fingerprint density at radius 3 is 2.42 bits per heavy atom. The van der Waals surface area contributed by atoms with Gasteiger partial charge in [0, 0.05) is 26.0 Å². The van der Waals surface area contributed by atoms with Crippen molar-refractivity contribution in [1.82, 2.24) is 14.5 Å². The van der Waals surface area contributed by atoms with Crippen LogP contribution in [0.5, 0.6) is 0 Å². The van der Waals surface area contributed by atoms with Gasteiger partial charge in [0.2, 0.25) is 0 Å². The van der Waals surface area contributed by atoms with Crippen LogP contribution in [0, 0.1) is 0 Å². The predicted molar refractivity (Wildman–Crippen MR) is 109 cm³/mol. The van der Waals surface area contributed by atoms with E-state index in [9.17, 15) is 0 Å². The van der Waals surface area contributed by atoms with Crippen LogP contribution in [0.1, 0.15) is 11.4 Å². The molecule has 0 saturated carbocycles. The second-order valence-electron chi connectivity index (χ2n) is 6.30. The van der Waals surface area contributed by atoms with Gasteiger partial charge in [0.15, 0.2) is 0 Å². The molecular formula is C22H20N4. The van der Waals surface area contributed by atoms with Gasteiger partial charge in [-0.3, -0.25) is 4.57 Å². The highest BCUT2D eigenvalue weighted by molar-refractivity contribution is 5.84. The number of hydrogen-bond acceptors (Lipinski definition) is 3. The Morgan fingerprint density at radius 2 is 1.69 bits per heavy atom. The van der Waals surface area contributed by atoms with Crippen molar-refractivity contribution in [3.8, 4) is 5.82 Å². The van der Waals surface area contributed by atoms with Gasteiger partial charge < -0.3 is 4.90 Å². The summed E-state index contributed by atoms with van der Waals surface area (Å²) in [6.07, 6.45) is 5.92. The molecule has 128 valence electrons. The molecular weight excluding hydrogens is 320 g/mol. The lowest BCUT2D eigenvalue weighted by Crippen LogP contribution is -2.08. The molecule has 0 unspecified atom stereocenters. The number of benzene rings is 2. The highest BCUT2D eigenvalue weighted by atomic mass is 15.1. The van der Waals surface area contributed by atoms with Crippen LogP contribution < -0.4 is 4.90 Å². The van der Waals surface area contributed by atoms with E-state index in [-0.39, 0.29) is 0 Å². The van der Waals surface area contributed by atoms with E-state index in [0.717, 1.165) is 33.9 Å². The van der Waals surface area contributed by atoms with E-state index in [4.69, 9.17) is 4.98 Å². The lowest BCUT2D eigenvalue weighted by Gasteiger charge is -2.12. The van der Waals surface area contributed by atoms with E-state index in [1.807, 2.05) is 56.6 Å². The normalized spacial score (nSPS) is 11.3.